The fraction of sp³-hybridized carbons (Fsp3) is 0.483. The molecule has 0 bridgehead atoms. The molecule has 0 radical (unpaired) electrons. The van der Waals surface area contributed by atoms with E-state index in [1.54, 1.807) is 0 Å². The topological polar surface area (TPSA) is 116 Å². The zero-order valence-corrected chi connectivity index (χ0v) is 23.7. The van der Waals surface area contributed by atoms with E-state index in [-0.39, 0.29) is 69.9 Å². The summed E-state index contributed by atoms with van der Waals surface area (Å²) in [4.78, 5) is 18.0. The number of anilines is 1. The van der Waals surface area contributed by atoms with E-state index in [1.807, 2.05) is 6.07 Å². The van der Waals surface area contributed by atoms with Crippen LogP contribution in [0.1, 0.15) is 44.2 Å². The van der Waals surface area contributed by atoms with Gasteiger partial charge in [0.25, 0.3) is 0 Å². The summed E-state index contributed by atoms with van der Waals surface area (Å²) in [6, 6.07) is 2.96. The van der Waals surface area contributed by atoms with Crippen LogP contribution in [0, 0.1) is 23.0 Å². The van der Waals surface area contributed by atoms with Gasteiger partial charge in [0.2, 0.25) is 5.88 Å². The van der Waals surface area contributed by atoms with Gasteiger partial charge in [-0.1, -0.05) is 11.6 Å². The maximum Gasteiger partial charge on any atom is 0.319 e. The molecular weight excluding hydrogens is 585 g/mol. The van der Waals surface area contributed by atoms with E-state index in [4.69, 9.17) is 26.1 Å². The second-order valence-corrected chi connectivity index (χ2v) is 12.2. The molecule has 4 aromatic rings. The van der Waals surface area contributed by atoms with Crippen molar-refractivity contribution in [1.29, 1.82) is 5.26 Å². The summed E-state index contributed by atoms with van der Waals surface area (Å²) in [5.74, 6) is -1.20. The fourth-order valence-corrected chi connectivity index (χ4v) is 7.60. The molecule has 222 valence electrons. The van der Waals surface area contributed by atoms with Crippen LogP contribution in [-0.4, -0.2) is 80.6 Å². The molecule has 0 spiro atoms. The first-order valence-corrected chi connectivity index (χ1v) is 14.8. The van der Waals surface area contributed by atoms with Gasteiger partial charge in [0, 0.05) is 36.5 Å². The first-order valence-electron chi connectivity index (χ1n) is 14.5. The normalized spacial score (nSPS) is 25.0. The summed E-state index contributed by atoms with van der Waals surface area (Å²) in [7, 11) is 0. The number of ether oxygens (including phenoxy) is 2. The van der Waals surface area contributed by atoms with Gasteiger partial charge in [-0.15, -0.1) is 0 Å². The van der Waals surface area contributed by atoms with Gasteiger partial charge in [0.1, 0.15) is 53.7 Å². The molecule has 3 aromatic heterocycles. The Morgan fingerprint density at radius 3 is 2.93 bits per heavy atom. The smallest absolute Gasteiger partial charge is 0.319 e. The number of aromatic amines is 1. The molecule has 3 fully saturated rings. The molecule has 10 nitrogen and oxygen atoms in total. The highest BCUT2D eigenvalue weighted by atomic mass is 35.5. The first-order chi connectivity index (χ1) is 20.9. The van der Waals surface area contributed by atoms with Crippen molar-refractivity contribution in [3.8, 4) is 29.2 Å². The number of nitriles is 1. The zero-order chi connectivity index (χ0) is 29.5. The molecule has 0 unspecified atom stereocenters. The lowest BCUT2D eigenvalue weighted by Crippen LogP contribution is -2.44. The monoisotopic (exact) mass is 610 g/mol. The summed E-state index contributed by atoms with van der Waals surface area (Å²) in [5, 5.41) is 16.2. The Morgan fingerprint density at radius 1 is 1.19 bits per heavy atom. The van der Waals surface area contributed by atoms with Gasteiger partial charge in [0.05, 0.1) is 22.1 Å². The Kier molecular flexibility index (Phi) is 6.10. The van der Waals surface area contributed by atoms with Crippen LogP contribution in [0.15, 0.2) is 6.07 Å². The molecule has 3 atom stereocenters. The Balaban J connectivity index is 1.33. The van der Waals surface area contributed by atoms with Crippen molar-refractivity contribution in [2.45, 2.75) is 56.3 Å². The van der Waals surface area contributed by atoms with Crippen molar-refractivity contribution in [3.63, 3.8) is 0 Å². The van der Waals surface area contributed by atoms with Crippen LogP contribution in [0.3, 0.4) is 0 Å². The van der Waals surface area contributed by atoms with E-state index >= 15 is 4.39 Å². The van der Waals surface area contributed by atoms with Gasteiger partial charge in [0.15, 0.2) is 11.5 Å². The summed E-state index contributed by atoms with van der Waals surface area (Å²) >= 11 is 6.43. The number of aromatic nitrogens is 5. The quantitative estimate of drug-likeness (QED) is 0.338. The van der Waals surface area contributed by atoms with E-state index in [0.29, 0.717) is 25.3 Å². The summed E-state index contributed by atoms with van der Waals surface area (Å²) in [6.45, 7) is 2.29. The third-order valence-electron chi connectivity index (χ3n) is 9.34. The minimum Gasteiger partial charge on any atom is -0.475 e. The average molecular weight is 611 g/mol. The van der Waals surface area contributed by atoms with E-state index in [0.717, 1.165) is 44.7 Å². The van der Waals surface area contributed by atoms with E-state index in [2.05, 4.69) is 30.0 Å². The number of pyridine rings is 1. The number of rotatable bonds is 4. The zero-order valence-electron chi connectivity index (χ0n) is 23.0. The second kappa shape index (κ2) is 9.82. The highest BCUT2D eigenvalue weighted by Crippen LogP contribution is 2.46. The van der Waals surface area contributed by atoms with Crippen molar-refractivity contribution in [2.24, 2.45) is 0 Å². The minimum absolute atomic E-state index is 0.0324. The van der Waals surface area contributed by atoms with Gasteiger partial charge in [-0.2, -0.15) is 20.3 Å². The molecule has 4 aliphatic heterocycles. The largest absolute Gasteiger partial charge is 0.475 e. The van der Waals surface area contributed by atoms with Crippen LogP contribution in [0.4, 0.5) is 19.0 Å². The lowest BCUT2D eigenvalue weighted by Gasteiger charge is -2.35. The van der Waals surface area contributed by atoms with Crippen LogP contribution in [-0.2, 0) is 0 Å². The van der Waals surface area contributed by atoms with Gasteiger partial charge in [-0.25, -0.2) is 18.2 Å². The number of nitrogens with zero attached hydrogens (tertiary/aromatic N) is 7. The van der Waals surface area contributed by atoms with Gasteiger partial charge in [-0.3, -0.25) is 10.00 Å². The standard InChI is InChI=1S/C29H26ClF3N8O2/c30-22-16(32)8-17-19(18(10-34)39-38-17)20(22)24-23(33)25-21-26(41-7-2-1-4-15(41)12-42-27(21)35-24)37-28(36-25)43-13-29-5-3-6-40(29)11-14(31)9-29/h8,14-15H,1-7,9,11-13H2,(H,38,39)/t14-,15+,29+/m1/s1. The minimum atomic E-state index is -0.931. The molecule has 0 aliphatic carbocycles. The maximum atomic E-state index is 16.8. The SMILES string of the molecule is N#Cc1n[nH]c2cc(F)c(Cl)c(-c3nc4c5c(nc(OC[C@@]67CCCN6C[C@H](F)C7)nc5c3F)N3CCCC[C@H]3CO4)c12. The number of hydrogen-bond donors (Lipinski definition) is 1. The molecule has 0 saturated carbocycles. The Hall–Kier alpha value is -3.89. The van der Waals surface area contributed by atoms with Crippen molar-refractivity contribution in [1.82, 2.24) is 30.0 Å². The third-order valence-corrected chi connectivity index (χ3v) is 9.71. The Bertz CT molecular complexity index is 1850. The van der Waals surface area contributed by atoms with E-state index in [9.17, 15) is 14.0 Å². The van der Waals surface area contributed by atoms with Crippen LogP contribution in [0.25, 0.3) is 33.1 Å². The maximum absolute atomic E-state index is 16.8. The number of fused-ring (bicyclic) bond motifs is 4. The molecular formula is C29H26ClF3N8O2. The highest BCUT2D eigenvalue weighted by molar-refractivity contribution is 6.35. The molecule has 1 aromatic carbocycles. The van der Waals surface area contributed by atoms with Crippen molar-refractivity contribution in [3.05, 3.63) is 28.4 Å². The van der Waals surface area contributed by atoms with E-state index in [1.165, 1.54) is 0 Å². The van der Waals surface area contributed by atoms with Gasteiger partial charge < -0.3 is 14.4 Å². The number of nitrogens with one attached hydrogen (secondary N) is 1. The molecule has 0 amide bonds. The first kappa shape index (κ1) is 26.7. The Labute approximate surface area is 248 Å². The van der Waals surface area contributed by atoms with Crippen molar-refractivity contribution < 1.29 is 22.6 Å². The van der Waals surface area contributed by atoms with Crippen molar-refractivity contribution >= 4 is 39.2 Å². The molecule has 7 heterocycles. The number of hydrogen-bond acceptors (Lipinski definition) is 9. The summed E-state index contributed by atoms with van der Waals surface area (Å²) < 4.78 is 58.5. The summed E-state index contributed by atoms with van der Waals surface area (Å²) in [6.07, 6.45) is 3.94. The second-order valence-electron chi connectivity index (χ2n) is 11.8. The number of halogens is 4. The number of benzene rings is 1. The predicted octanol–water partition coefficient (Wildman–Crippen LogP) is 5.08. The molecule has 14 heteroatoms. The van der Waals surface area contributed by atoms with E-state index < -0.39 is 28.4 Å². The van der Waals surface area contributed by atoms with Crippen LogP contribution in [0.5, 0.6) is 11.9 Å². The number of H-pyrrole nitrogens is 1. The molecule has 4 aliphatic rings. The Morgan fingerprint density at radius 2 is 2.07 bits per heavy atom. The molecule has 3 saturated heterocycles. The predicted molar refractivity (Wildman–Crippen MR) is 151 cm³/mol. The highest BCUT2D eigenvalue weighted by Gasteiger charge is 2.49. The molecule has 8 rings (SSSR count). The number of alkyl halides is 1. The van der Waals surface area contributed by atoms with Crippen molar-refractivity contribution in [2.75, 3.05) is 37.7 Å². The summed E-state index contributed by atoms with van der Waals surface area (Å²) in [5.41, 5.74) is -0.974. The lowest BCUT2D eigenvalue weighted by atomic mass is 9.95. The van der Waals surface area contributed by atoms with Gasteiger partial charge in [-0.05, 0) is 38.6 Å². The average Bonchev–Trinajstić information content (AvgIpc) is 3.65. The lowest BCUT2D eigenvalue weighted by molar-refractivity contribution is 0.107. The molecule has 43 heavy (non-hydrogen) atoms. The fourth-order valence-electron chi connectivity index (χ4n) is 7.36. The molecule has 1 N–H and O–H groups in total. The van der Waals surface area contributed by atoms with Crippen LogP contribution in [0.2, 0.25) is 5.02 Å². The van der Waals surface area contributed by atoms with Gasteiger partial charge >= 0.3 is 6.01 Å². The number of piperidine rings is 1. The van der Waals surface area contributed by atoms with Crippen LogP contribution < -0.4 is 14.4 Å². The third kappa shape index (κ3) is 4.03. The van der Waals surface area contributed by atoms with Crippen LogP contribution >= 0.6 is 11.6 Å².